The van der Waals surface area contributed by atoms with E-state index in [0.717, 1.165) is 11.3 Å². The molecule has 0 amide bonds. The first-order valence-corrected chi connectivity index (χ1v) is 5.16. The van der Waals surface area contributed by atoms with Crippen LogP contribution < -0.4 is 4.74 Å². The van der Waals surface area contributed by atoms with E-state index >= 15 is 0 Å². The van der Waals surface area contributed by atoms with Gasteiger partial charge in [-0.1, -0.05) is 24.3 Å². The zero-order valence-electron chi connectivity index (χ0n) is 9.60. The van der Waals surface area contributed by atoms with E-state index in [1.165, 1.54) is 0 Å². The molecular weight excluding hydrogens is 204 g/mol. The Hall–Kier alpha value is -1.77. The molecule has 0 spiro atoms. The van der Waals surface area contributed by atoms with Gasteiger partial charge in [0.1, 0.15) is 12.4 Å². The average molecular weight is 220 g/mol. The lowest BCUT2D eigenvalue weighted by atomic mass is 10.1. The molecule has 0 N–H and O–H groups in total. The molecule has 3 nitrogen and oxygen atoms in total. The second kappa shape index (κ2) is 6.67. The van der Waals surface area contributed by atoms with Crippen molar-refractivity contribution in [3.63, 3.8) is 0 Å². The van der Waals surface area contributed by atoms with Crippen molar-refractivity contribution in [2.45, 2.75) is 13.3 Å². The zero-order valence-corrected chi connectivity index (χ0v) is 9.60. The van der Waals surface area contributed by atoms with Gasteiger partial charge in [0.15, 0.2) is 0 Å². The van der Waals surface area contributed by atoms with Crippen LogP contribution in [-0.2, 0) is 16.0 Å². The van der Waals surface area contributed by atoms with Gasteiger partial charge in [-0.3, -0.25) is 4.79 Å². The lowest BCUT2D eigenvalue weighted by Gasteiger charge is -2.03. The lowest BCUT2D eigenvalue weighted by Crippen LogP contribution is -2.07. The van der Waals surface area contributed by atoms with Gasteiger partial charge in [0.25, 0.3) is 0 Å². The number of benzene rings is 1. The minimum atomic E-state index is -0.219. The largest absolute Gasteiger partial charge is 0.497 e. The number of rotatable bonds is 5. The second-order valence-electron chi connectivity index (χ2n) is 3.28. The maximum absolute atomic E-state index is 11.4. The van der Waals surface area contributed by atoms with E-state index in [1.54, 1.807) is 13.2 Å². The number of methoxy groups -OCH3 is 1. The predicted molar refractivity (Wildman–Crippen MR) is 62.5 cm³/mol. The molecule has 0 saturated carbocycles. The van der Waals surface area contributed by atoms with Crippen molar-refractivity contribution in [2.24, 2.45) is 0 Å². The van der Waals surface area contributed by atoms with Crippen LogP contribution in [0.25, 0.3) is 0 Å². The first kappa shape index (κ1) is 12.3. The summed E-state index contributed by atoms with van der Waals surface area (Å²) in [6.45, 7) is 2.22. The van der Waals surface area contributed by atoms with Gasteiger partial charge in [-0.25, -0.2) is 0 Å². The smallest absolute Gasteiger partial charge is 0.310 e. The average Bonchev–Trinajstić information content (AvgIpc) is 2.30. The summed E-state index contributed by atoms with van der Waals surface area (Å²) < 4.78 is 10.0. The minimum Gasteiger partial charge on any atom is -0.497 e. The number of allylic oxidation sites excluding steroid dienone is 1. The molecule has 0 aliphatic rings. The molecule has 0 saturated heterocycles. The molecule has 0 aliphatic heterocycles. The summed E-state index contributed by atoms with van der Waals surface area (Å²) in [5.41, 5.74) is 0.922. The molecule has 0 fully saturated rings. The third-order valence-electron chi connectivity index (χ3n) is 2.08. The van der Waals surface area contributed by atoms with Gasteiger partial charge in [-0.15, -0.1) is 0 Å². The molecule has 0 unspecified atom stereocenters. The first-order chi connectivity index (χ1) is 7.76. The van der Waals surface area contributed by atoms with Gasteiger partial charge >= 0.3 is 5.97 Å². The van der Waals surface area contributed by atoms with Crippen molar-refractivity contribution in [1.29, 1.82) is 0 Å². The van der Waals surface area contributed by atoms with Crippen molar-refractivity contribution in [3.05, 3.63) is 42.0 Å². The third-order valence-corrected chi connectivity index (χ3v) is 2.08. The van der Waals surface area contributed by atoms with Crippen LogP contribution in [0, 0.1) is 0 Å². The number of carbonyl (C=O) groups excluding carboxylic acids is 1. The topological polar surface area (TPSA) is 35.5 Å². The summed E-state index contributed by atoms with van der Waals surface area (Å²) in [5.74, 6) is 0.564. The molecule has 3 heteroatoms. The van der Waals surface area contributed by atoms with Crippen LogP contribution in [0.15, 0.2) is 36.4 Å². The molecule has 0 aromatic heterocycles. The van der Waals surface area contributed by atoms with Crippen molar-refractivity contribution in [3.8, 4) is 5.75 Å². The third kappa shape index (κ3) is 4.17. The van der Waals surface area contributed by atoms with Gasteiger partial charge in [-0.2, -0.15) is 0 Å². The molecule has 86 valence electrons. The molecule has 1 aromatic carbocycles. The first-order valence-electron chi connectivity index (χ1n) is 5.16. The number of hydrogen-bond donors (Lipinski definition) is 0. The molecule has 0 heterocycles. The standard InChI is InChI=1S/C13H16O3/c1-3-4-9-16-13(14)10-11-5-7-12(15-2)8-6-11/h3-8H,9-10H2,1-2H3/b4-3+. The lowest BCUT2D eigenvalue weighted by molar-refractivity contribution is -0.141. The normalized spacial score (nSPS) is 10.4. The van der Waals surface area contributed by atoms with Gasteiger partial charge < -0.3 is 9.47 Å². The fourth-order valence-corrected chi connectivity index (χ4v) is 1.20. The van der Waals surface area contributed by atoms with E-state index in [-0.39, 0.29) is 5.97 Å². The maximum Gasteiger partial charge on any atom is 0.310 e. The number of hydrogen-bond acceptors (Lipinski definition) is 3. The van der Waals surface area contributed by atoms with E-state index in [2.05, 4.69) is 0 Å². The molecule has 0 aliphatic carbocycles. The van der Waals surface area contributed by atoms with Gasteiger partial charge in [-0.05, 0) is 24.6 Å². The van der Waals surface area contributed by atoms with E-state index in [1.807, 2.05) is 37.3 Å². The van der Waals surface area contributed by atoms with Gasteiger partial charge in [0, 0.05) is 0 Å². The Morgan fingerprint density at radius 3 is 2.56 bits per heavy atom. The summed E-state index contributed by atoms with van der Waals surface area (Å²) in [6.07, 6.45) is 3.94. The molecule has 1 aromatic rings. The van der Waals surface area contributed by atoms with Crippen LogP contribution in [0.4, 0.5) is 0 Å². The molecule has 16 heavy (non-hydrogen) atoms. The van der Waals surface area contributed by atoms with E-state index in [4.69, 9.17) is 9.47 Å². The molecular formula is C13H16O3. The van der Waals surface area contributed by atoms with Crippen LogP contribution >= 0.6 is 0 Å². The highest BCUT2D eigenvalue weighted by molar-refractivity contribution is 5.72. The van der Waals surface area contributed by atoms with E-state index in [0.29, 0.717) is 13.0 Å². The van der Waals surface area contributed by atoms with Crippen molar-refractivity contribution in [1.82, 2.24) is 0 Å². The number of ether oxygens (including phenoxy) is 2. The SMILES string of the molecule is C/C=C/COC(=O)Cc1ccc(OC)cc1. The minimum absolute atomic E-state index is 0.219. The Morgan fingerprint density at radius 2 is 2.00 bits per heavy atom. The Bertz CT molecular complexity index is 352. The van der Waals surface area contributed by atoms with Gasteiger partial charge in [0.05, 0.1) is 13.5 Å². The summed E-state index contributed by atoms with van der Waals surface area (Å²) in [5, 5.41) is 0. The predicted octanol–water partition coefficient (Wildman–Crippen LogP) is 2.36. The monoisotopic (exact) mass is 220 g/mol. The fraction of sp³-hybridized carbons (Fsp3) is 0.308. The fourth-order valence-electron chi connectivity index (χ4n) is 1.20. The summed E-state index contributed by atoms with van der Waals surface area (Å²) in [7, 11) is 1.61. The zero-order chi connectivity index (χ0) is 11.8. The Labute approximate surface area is 95.7 Å². The molecule has 0 radical (unpaired) electrons. The molecule has 1 rings (SSSR count). The van der Waals surface area contributed by atoms with Crippen molar-refractivity contribution in [2.75, 3.05) is 13.7 Å². The van der Waals surface area contributed by atoms with Crippen LogP contribution in [0.3, 0.4) is 0 Å². The Balaban J connectivity index is 2.43. The van der Waals surface area contributed by atoms with Crippen LogP contribution in [0.2, 0.25) is 0 Å². The highest BCUT2D eigenvalue weighted by atomic mass is 16.5. The highest BCUT2D eigenvalue weighted by Crippen LogP contribution is 2.11. The van der Waals surface area contributed by atoms with Gasteiger partial charge in [0.2, 0.25) is 0 Å². The van der Waals surface area contributed by atoms with Crippen LogP contribution in [0.1, 0.15) is 12.5 Å². The number of carbonyl (C=O) groups is 1. The van der Waals surface area contributed by atoms with Crippen LogP contribution in [-0.4, -0.2) is 19.7 Å². The summed E-state index contributed by atoms with van der Waals surface area (Å²) in [4.78, 5) is 11.4. The highest BCUT2D eigenvalue weighted by Gasteiger charge is 2.03. The maximum atomic E-state index is 11.4. The van der Waals surface area contributed by atoms with Crippen LogP contribution in [0.5, 0.6) is 5.75 Å². The quantitative estimate of drug-likeness (QED) is 0.564. The molecule has 0 atom stereocenters. The van der Waals surface area contributed by atoms with E-state index in [9.17, 15) is 4.79 Å². The summed E-state index contributed by atoms with van der Waals surface area (Å²) in [6, 6.07) is 7.37. The van der Waals surface area contributed by atoms with E-state index < -0.39 is 0 Å². The Morgan fingerprint density at radius 1 is 1.31 bits per heavy atom. The van der Waals surface area contributed by atoms with Crippen molar-refractivity contribution >= 4 is 5.97 Å². The Kier molecular flexibility index (Phi) is 5.12. The molecule has 0 bridgehead atoms. The summed E-state index contributed by atoms with van der Waals surface area (Å²) >= 11 is 0. The van der Waals surface area contributed by atoms with Crippen molar-refractivity contribution < 1.29 is 14.3 Å². The number of esters is 1. The second-order valence-corrected chi connectivity index (χ2v) is 3.28.